The summed E-state index contributed by atoms with van der Waals surface area (Å²) in [5, 5.41) is 0.966. The number of rotatable bonds is 1. The van der Waals surface area contributed by atoms with E-state index in [1.165, 1.54) is 18.2 Å². The van der Waals surface area contributed by atoms with E-state index in [0.29, 0.717) is 15.7 Å². The van der Waals surface area contributed by atoms with Crippen LogP contribution in [0.5, 0.6) is 0 Å². The Hall–Kier alpha value is -2.26. The second-order valence-electron chi connectivity index (χ2n) is 5.67. The number of benzene rings is 2. The second kappa shape index (κ2) is 6.13. The molecular weight excluding hydrogens is 433 g/mol. The summed E-state index contributed by atoms with van der Waals surface area (Å²) in [6.45, 7) is 0. The van der Waals surface area contributed by atoms with Crippen LogP contribution in [-0.4, -0.2) is 18.4 Å². The minimum absolute atomic E-state index is 0.00513. The van der Waals surface area contributed by atoms with Crippen LogP contribution in [0.25, 0.3) is 0 Å². The van der Waals surface area contributed by atoms with Gasteiger partial charge in [-0.1, -0.05) is 34.8 Å². The van der Waals surface area contributed by atoms with Gasteiger partial charge in [-0.05, 0) is 36.4 Å². The number of nitrogen functional groups attached to an aromatic ring is 2. The van der Waals surface area contributed by atoms with E-state index in [0.717, 1.165) is 0 Å². The molecular formula is C16H10Cl3N5O2S. The SMILES string of the molecule is Nc1nc(N)c2c(n1)N(c1ccc(Cl)c(Cl)c1)c1cc(Cl)ccc1S2(=O)=O. The summed E-state index contributed by atoms with van der Waals surface area (Å²) in [6, 6.07) is 9.20. The fraction of sp³-hybridized carbons (Fsp3) is 0. The molecule has 0 saturated heterocycles. The molecule has 11 heteroatoms. The Morgan fingerprint density at radius 3 is 2.37 bits per heavy atom. The van der Waals surface area contributed by atoms with Crippen LogP contribution in [0.1, 0.15) is 0 Å². The van der Waals surface area contributed by atoms with Gasteiger partial charge in [0.05, 0.1) is 20.6 Å². The van der Waals surface area contributed by atoms with Gasteiger partial charge in [-0.2, -0.15) is 9.97 Å². The summed E-state index contributed by atoms with van der Waals surface area (Å²) < 4.78 is 26.2. The minimum Gasteiger partial charge on any atom is -0.382 e. The predicted octanol–water partition coefficient (Wildman–Crippen LogP) is 4.22. The Bertz CT molecular complexity index is 1220. The summed E-state index contributed by atoms with van der Waals surface area (Å²) in [7, 11) is -3.99. The van der Waals surface area contributed by atoms with Gasteiger partial charge in [0, 0.05) is 10.7 Å². The Labute approximate surface area is 169 Å². The van der Waals surface area contributed by atoms with Crippen LogP contribution in [0.3, 0.4) is 0 Å². The molecule has 2 aromatic carbocycles. The number of nitrogens with zero attached hydrogens (tertiary/aromatic N) is 3. The normalized spacial score (nSPS) is 14.6. The minimum atomic E-state index is -3.99. The third kappa shape index (κ3) is 2.76. The van der Waals surface area contributed by atoms with Crippen molar-refractivity contribution in [3.63, 3.8) is 0 Å². The molecule has 138 valence electrons. The Morgan fingerprint density at radius 2 is 1.67 bits per heavy atom. The van der Waals surface area contributed by atoms with Crippen LogP contribution in [0, 0.1) is 0 Å². The lowest BCUT2D eigenvalue weighted by molar-refractivity contribution is 0.594. The average molecular weight is 443 g/mol. The maximum Gasteiger partial charge on any atom is 0.224 e. The number of sulfone groups is 1. The summed E-state index contributed by atoms with van der Waals surface area (Å²) >= 11 is 18.3. The van der Waals surface area contributed by atoms with Crippen LogP contribution in [0.15, 0.2) is 46.2 Å². The van der Waals surface area contributed by atoms with Crippen molar-refractivity contribution in [3.05, 3.63) is 51.5 Å². The molecule has 0 amide bonds. The van der Waals surface area contributed by atoms with Crippen molar-refractivity contribution in [2.45, 2.75) is 9.79 Å². The van der Waals surface area contributed by atoms with Crippen molar-refractivity contribution in [3.8, 4) is 0 Å². The second-order valence-corrected chi connectivity index (χ2v) is 8.77. The van der Waals surface area contributed by atoms with E-state index in [9.17, 15) is 8.42 Å². The molecule has 0 fully saturated rings. The van der Waals surface area contributed by atoms with Gasteiger partial charge in [0.15, 0.2) is 16.5 Å². The van der Waals surface area contributed by atoms with Crippen molar-refractivity contribution in [1.29, 1.82) is 0 Å². The standard InChI is InChI=1S/C16H10Cl3N5O2S/c17-7-1-4-12-11(5-7)24(8-2-3-9(18)10(19)6-8)15-13(27(12,25)26)14(20)22-16(21)23-15/h1-6H,(H4,20,21,22,23). The molecule has 27 heavy (non-hydrogen) atoms. The number of hydrogen-bond acceptors (Lipinski definition) is 7. The molecule has 4 N–H and O–H groups in total. The first-order valence-electron chi connectivity index (χ1n) is 7.43. The van der Waals surface area contributed by atoms with E-state index >= 15 is 0 Å². The highest BCUT2D eigenvalue weighted by molar-refractivity contribution is 7.92. The van der Waals surface area contributed by atoms with Gasteiger partial charge in [-0.3, -0.25) is 4.90 Å². The van der Waals surface area contributed by atoms with E-state index in [-0.39, 0.29) is 38.1 Å². The number of anilines is 5. The van der Waals surface area contributed by atoms with E-state index < -0.39 is 9.84 Å². The molecule has 2 heterocycles. The van der Waals surface area contributed by atoms with Gasteiger partial charge in [0.25, 0.3) is 0 Å². The molecule has 0 spiro atoms. The maximum absolute atomic E-state index is 13.1. The van der Waals surface area contributed by atoms with Crippen molar-refractivity contribution in [2.75, 3.05) is 16.4 Å². The fourth-order valence-corrected chi connectivity index (χ4v) is 4.93. The van der Waals surface area contributed by atoms with E-state index in [4.69, 9.17) is 46.3 Å². The van der Waals surface area contributed by atoms with Crippen LogP contribution < -0.4 is 16.4 Å². The number of fused-ring (bicyclic) bond motifs is 2. The first kappa shape index (κ1) is 18.1. The van der Waals surface area contributed by atoms with Gasteiger partial charge >= 0.3 is 0 Å². The molecule has 4 rings (SSSR count). The van der Waals surface area contributed by atoms with Gasteiger partial charge in [0.2, 0.25) is 15.8 Å². The van der Waals surface area contributed by atoms with Gasteiger partial charge in [0.1, 0.15) is 0 Å². The Balaban J connectivity index is 2.14. The lowest BCUT2D eigenvalue weighted by Gasteiger charge is -2.32. The first-order chi connectivity index (χ1) is 12.7. The maximum atomic E-state index is 13.1. The summed E-state index contributed by atoms with van der Waals surface area (Å²) in [6.07, 6.45) is 0. The highest BCUT2D eigenvalue weighted by Gasteiger charge is 2.39. The van der Waals surface area contributed by atoms with Crippen LogP contribution >= 0.6 is 34.8 Å². The molecule has 1 aromatic heterocycles. The molecule has 0 radical (unpaired) electrons. The monoisotopic (exact) mass is 441 g/mol. The van der Waals surface area contributed by atoms with Gasteiger partial charge in [-0.25, -0.2) is 8.42 Å². The zero-order valence-corrected chi connectivity index (χ0v) is 16.4. The van der Waals surface area contributed by atoms with Crippen molar-refractivity contribution in [2.24, 2.45) is 0 Å². The molecule has 0 unspecified atom stereocenters. The number of aromatic nitrogens is 2. The molecule has 7 nitrogen and oxygen atoms in total. The summed E-state index contributed by atoms with van der Waals surface area (Å²) in [4.78, 5) is 9.24. The smallest absolute Gasteiger partial charge is 0.224 e. The van der Waals surface area contributed by atoms with Crippen LogP contribution in [-0.2, 0) is 9.84 Å². The molecule has 0 bridgehead atoms. The highest BCUT2D eigenvalue weighted by Crippen LogP contribution is 2.50. The number of nitrogens with two attached hydrogens (primary N) is 2. The quantitative estimate of drug-likeness (QED) is 0.453. The zero-order valence-electron chi connectivity index (χ0n) is 13.3. The number of hydrogen-bond donors (Lipinski definition) is 2. The molecule has 1 aliphatic heterocycles. The Kier molecular flexibility index (Phi) is 4.12. The first-order valence-corrected chi connectivity index (χ1v) is 10.0. The van der Waals surface area contributed by atoms with E-state index in [1.54, 1.807) is 23.1 Å². The fourth-order valence-electron chi connectivity index (χ4n) is 2.88. The van der Waals surface area contributed by atoms with Crippen molar-refractivity contribution < 1.29 is 8.42 Å². The number of halogens is 3. The van der Waals surface area contributed by atoms with Crippen LogP contribution in [0.4, 0.5) is 29.0 Å². The summed E-state index contributed by atoms with van der Waals surface area (Å²) in [5.74, 6) is -0.409. The molecule has 1 aliphatic rings. The lowest BCUT2D eigenvalue weighted by atomic mass is 10.2. The average Bonchev–Trinajstić information content (AvgIpc) is 2.56. The van der Waals surface area contributed by atoms with Gasteiger partial charge in [-0.15, -0.1) is 0 Å². The lowest BCUT2D eigenvalue weighted by Crippen LogP contribution is -2.25. The topological polar surface area (TPSA) is 115 Å². The van der Waals surface area contributed by atoms with Crippen molar-refractivity contribution >= 4 is 73.6 Å². The van der Waals surface area contributed by atoms with Gasteiger partial charge < -0.3 is 11.5 Å². The van der Waals surface area contributed by atoms with E-state index in [1.807, 2.05) is 0 Å². The highest BCUT2D eigenvalue weighted by atomic mass is 35.5. The molecule has 0 aliphatic carbocycles. The largest absolute Gasteiger partial charge is 0.382 e. The van der Waals surface area contributed by atoms with E-state index in [2.05, 4.69) is 9.97 Å². The Morgan fingerprint density at radius 1 is 0.926 bits per heavy atom. The van der Waals surface area contributed by atoms with Crippen LogP contribution in [0.2, 0.25) is 15.1 Å². The molecule has 0 saturated carbocycles. The third-order valence-corrected chi connectivity index (χ3v) is 6.81. The van der Waals surface area contributed by atoms with Crippen molar-refractivity contribution in [1.82, 2.24) is 9.97 Å². The molecule has 3 aromatic rings. The third-order valence-electron chi connectivity index (χ3n) is 3.98. The zero-order chi connectivity index (χ0) is 19.5. The molecule has 0 atom stereocenters. The predicted molar refractivity (Wildman–Crippen MR) is 106 cm³/mol. The summed E-state index contributed by atoms with van der Waals surface area (Å²) in [5.41, 5.74) is 12.4.